The van der Waals surface area contributed by atoms with Gasteiger partial charge in [0.05, 0.1) is 23.9 Å². The van der Waals surface area contributed by atoms with Crippen molar-refractivity contribution < 1.29 is 13.9 Å². The van der Waals surface area contributed by atoms with E-state index in [4.69, 9.17) is 4.74 Å². The van der Waals surface area contributed by atoms with Crippen LogP contribution in [0.1, 0.15) is 16.1 Å². The fourth-order valence-corrected chi connectivity index (χ4v) is 4.23. The van der Waals surface area contributed by atoms with Gasteiger partial charge in [-0.3, -0.25) is 15.1 Å². The Labute approximate surface area is 180 Å². The number of nitrogens with one attached hydrogen (secondary N) is 1. The minimum absolute atomic E-state index is 0.167. The second-order valence-electron chi connectivity index (χ2n) is 6.91. The molecule has 0 radical (unpaired) electrons. The molecule has 0 saturated carbocycles. The van der Waals surface area contributed by atoms with Crippen LogP contribution in [0.25, 0.3) is 27.1 Å². The van der Waals surface area contributed by atoms with Crippen LogP contribution in [-0.2, 0) is 0 Å². The molecule has 1 amide bonds. The molecule has 3 heterocycles. The average molecular weight is 433 g/mol. The number of thiazole rings is 1. The molecule has 0 aliphatic heterocycles. The lowest BCUT2D eigenvalue weighted by Crippen LogP contribution is -2.14. The van der Waals surface area contributed by atoms with Crippen molar-refractivity contribution in [3.05, 3.63) is 71.0 Å². The van der Waals surface area contributed by atoms with Gasteiger partial charge in [-0.15, -0.1) is 16.4 Å². The SMILES string of the molecule is COc1cccc(-c2csc3nc(NC(=O)c4cc(C)nc5ccc(F)cc45)nn23)c1. The summed E-state index contributed by atoms with van der Waals surface area (Å²) in [4.78, 5) is 22.4. The number of pyridine rings is 1. The fourth-order valence-electron chi connectivity index (χ4n) is 3.40. The average Bonchev–Trinajstić information content (AvgIpc) is 3.33. The van der Waals surface area contributed by atoms with Crippen LogP contribution in [0, 0.1) is 12.7 Å². The lowest BCUT2D eigenvalue weighted by molar-refractivity contribution is 0.102. The summed E-state index contributed by atoms with van der Waals surface area (Å²) in [6.07, 6.45) is 0. The smallest absolute Gasteiger partial charge is 0.258 e. The molecule has 3 aromatic heterocycles. The summed E-state index contributed by atoms with van der Waals surface area (Å²) in [5.41, 5.74) is 3.26. The quantitative estimate of drug-likeness (QED) is 0.444. The molecule has 154 valence electrons. The van der Waals surface area contributed by atoms with Gasteiger partial charge in [-0.2, -0.15) is 4.98 Å². The van der Waals surface area contributed by atoms with Crippen molar-refractivity contribution in [1.29, 1.82) is 0 Å². The van der Waals surface area contributed by atoms with Gasteiger partial charge in [0.1, 0.15) is 11.6 Å². The molecule has 1 N–H and O–H groups in total. The first kappa shape index (κ1) is 19.1. The van der Waals surface area contributed by atoms with Crippen molar-refractivity contribution in [2.24, 2.45) is 0 Å². The number of nitrogens with zero attached hydrogens (tertiary/aromatic N) is 4. The Morgan fingerprint density at radius 2 is 2.03 bits per heavy atom. The van der Waals surface area contributed by atoms with Crippen molar-refractivity contribution in [1.82, 2.24) is 19.6 Å². The molecule has 0 aliphatic carbocycles. The molecule has 5 rings (SSSR count). The zero-order chi connectivity index (χ0) is 21.5. The van der Waals surface area contributed by atoms with Crippen LogP contribution in [-0.4, -0.2) is 32.6 Å². The van der Waals surface area contributed by atoms with Gasteiger partial charge in [-0.1, -0.05) is 12.1 Å². The molecule has 0 atom stereocenters. The summed E-state index contributed by atoms with van der Waals surface area (Å²) in [6.45, 7) is 1.78. The van der Waals surface area contributed by atoms with E-state index in [1.807, 2.05) is 29.6 Å². The van der Waals surface area contributed by atoms with E-state index in [0.717, 1.165) is 17.0 Å². The Morgan fingerprint density at radius 1 is 1.16 bits per heavy atom. The molecule has 0 unspecified atom stereocenters. The first-order valence-electron chi connectivity index (χ1n) is 9.39. The van der Waals surface area contributed by atoms with Crippen LogP contribution in [0.3, 0.4) is 0 Å². The lowest BCUT2D eigenvalue weighted by atomic mass is 10.1. The van der Waals surface area contributed by atoms with Crippen molar-refractivity contribution in [2.45, 2.75) is 6.92 Å². The summed E-state index contributed by atoms with van der Waals surface area (Å²) in [5.74, 6) is 0.0377. The van der Waals surface area contributed by atoms with Gasteiger partial charge in [-0.05, 0) is 43.3 Å². The molecule has 31 heavy (non-hydrogen) atoms. The number of rotatable bonds is 4. The van der Waals surface area contributed by atoms with Gasteiger partial charge in [0.2, 0.25) is 4.96 Å². The summed E-state index contributed by atoms with van der Waals surface area (Å²) >= 11 is 1.41. The summed E-state index contributed by atoms with van der Waals surface area (Å²) in [5, 5.41) is 9.54. The Morgan fingerprint density at radius 3 is 2.87 bits per heavy atom. The Hall–Kier alpha value is -3.85. The number of aryl methyl sites for hydroxylation is 1. The van der Waals surface area contributed by atoms with Crippen LogP contribution in [0.4, 0.5) is 10.3 Å². The third-order valence-electron chi connectivity index (χ3n) is 4.82. The summed E-state index contributed by atoms with van der Waals surface area (Å²) in [7, 11) is 1.61. The topological polar surface area (TPSA) is 81.4 Å². The van der Waals surface area contributed by atoms with Crippen LogP contribution in [0.5, 0.6) is 5.75 Å². The number of halogens is 1. The first-order valence-corrected chi connectivity index (χ1v) is 10.3. The van der Waals surface area contributed by atoms with Crippen LogP contribution >= 0.6 is 11.3 Å². The fraction of sp³-hybridized carbons (Fsp3) is 0.0909. The molecule has 0 aliphatic rings. The maximum atomic E-state index is 13.8. The molecular formula is C22H16FN5O2S. The molecule has 5 aromatic rings. The minimum atomic E-state index is -0.434. The maximum Gasteiger partial charge on any atom is 0.258 e. The molecule has 2 aromatic carbocycles. The monoisotopic (exact) mass is 433 g/mol. The van der Waals surface area contributed by atoms with E-state index in [9.17, 15) is 9.18 Å². The zero-order valence-corrected chi connectivity index (χ0v) is 17.4. The van der Waals surface area contributed by atoms with Crippen LogP contribution in [0.15, 0.2) is 53.9 Å². The Kier molecular flexibility index (Phi) is 4.59. The number of hydrogen-bond donors (Lipinski definition) is 1. The highest BCUT2D eigenvalue weighted by Crippen LogP contribution is 2.28. The first-order chi connectivity index (χ1) is 15.0. The maximum absolute atomic E-state index is 13.8. The van der Waals surface area contributed by atoms with Gasteiger partial charge >= 0.3 is 0 Å². The Balaban J connectivity index is 1.50. The van der Waals surface area contributed by atoms with Gasteiger partial charge in [0.15, 0.2) is 0 Å². The molecule has 0 spiro atoms. The van der Waals surface area contributed by atoms with Gasteiger partial charge in [0.25, 0.3) is 11.9 Å². The zero-order valence-electron chi connectivity index (χ0n) is 16.6. The molecule has 0 saturated heterocycles. The van der Waals surface area contributed by atoms with Crippen molar-refractivity contribution >= 4 is 39.1 Å². The standard InChI is InChI=1S/C22H16FN5O2S/c1-12-8-17(16-10-14(23)6-7-18(16)24-12)20(29)25-21-26-22-28(27-21)19(11-31-22)13-4-3-5-15(9-13)30-2/h3-11H,1-2H3,(H,25,27,29). The lowest BCUT2D eigenvalue weighted by Gasteiger charge is -2.07. The van der Waals surface area contributed by atoms with E-state index >= 15 is 0 Å². The molecule has 7 nitrogen and oxygen atoms in total. The Bertz CT molecular complexity index is 1460. The number of amides is 1. The number of aromatic nitrogens is 4. The van der Waals surface area contributed by atoms with Crippen molar-refractivity contribution in [2.75, 3.05) is 12.4 Å². The van der Waals surface area contributed by atoms with Crippen molar-refractivity contribution in [3.8, 4) is 17.0 Å². The van der Waals surface area contributed by atoms with Gasteiger partial charge < -0.3 is 4.74 Å². The predicted octanol–water partition coefficient (Wildman–Crippen LogP) is 4.71. The number of fused-ring (bicyclic) bond motifs is 2. The second kappa shape index (κ2) is 7.44. The highest BCUT2D eigenvalue weighted by atomic mass is 32.1. The number of carbonyl (C=O) groups is 1. The van der Waals surface area contributed by atoms with Crippen LogP contribution in [0.2, 0.25) is 0 Å². The van der Waals surface area contributed by atoms with Crippen LogP contribution < -0.4 is 10.1 Å². The molecule has 9 heteroatoms. The van der Waals surface area contributed by atoms with Gasteiger partial charge in [-0.25, -0.2) is 8.91 Å². The van der Waals surface area contributed by atoms with E-state index in [0.29, 0.717) is 27.1 Å². The van der Waals surface area contributed by atoms with E-state index in [1.165, 1.54) is 23.5 Å². The van der Waals surface area contributed by atoms with Crippen molar-refractivity contribution in [3.63, 3.8) is 0 Å². The number of carbonyl (C=O) groups excluding carboxylic acids is 1. The summed E-state index contributed by atoms with van der Waals surface area (Å²) < 4.78 is 20.7. The third-order valence-corrected chi connectivity index (χ3v) is 5.63. The van der Waals surface area contributed by atoms with E-state index in [1.54, 1.807) is 30.7 Å². The molecule has 0 fully saturated rings. The second-order valence-corrected chi connectivity index (χ2v) is 7.75. The number of ether oxygens (including phenoxy) is 1. The normalized spacial score (nSPS) is 11.2. The minimum Gasteiger partial charge on any atom is -0.497 e. The van der Waals surface area contributed by atoms with E-state index < -0.39 is 11.7 Å². The summed E-state index contributed by atoms with van der Waals surface area (Å²) in [6, 6.07) is 13.4. The molecular weight excluding hydrogens is 417 g/mol. The molecule has 0 bridgehead atoms. The number of methoxy groups -OCH3 is 1. The highest BCUT2D eigenvalue weighted by Gasteiger charge is 2.17. The van der Waals surface area contributed by atoms with E-state index in [2.05, 4.69) is 20.4 Å². The number of benzene rings is 2. The third kappa shape index (κ3) is 3.49. The number of anilines is 1. The largest absolute Gasteiger partial charge is 0.497 e. The highest BCUT2D eigenvalue weighted by molar-refractivity contribution is 7.15. The number of hydrogen-bond acceptors (Lipinski definition) is 6. The van der Waals surface area contributed by atoms with Gasteiger partial charge in [0, 0.05) is 22.0 Å². The van der Waals surface area contributed by atoms with E-state index in [-0.39, 0.29) is 5.95 Å². The predicted molar refractivity (Wildman–Crippen MR) is 117 cm³/mol.